The maximum Gasteiger partial charge on any atom is 0.254 e. The van der Waals surface area contributed by atoms with E-state index < -0.39 is 0 Å². The van der Waals surface area contributed by atoms with Gasteiger partial charge in [-0.25, -0.2) is 4.98 Å². The number of fused-ring (bicyclic) bond motifs is 2. The number of benzene rings is 1. The first-order valence-electron chi connectivity index (χ1n) is 10.7. The Hall–Kier alpha value is -2.82. The lowest BCUT2D eigenvalue weighted by Gasteiger charge is -2.44. The Morgan fingerprint density at radius 1 is 1.07 bits per heavy atom. The zero-order valence-electron chi connectivity index (χ0n) is 16.7. The normalized spacial score (nSPS) is 21.7. The molecule has 150 valence electrons. The topological polar surface area (TPSA) is 46.8 Å². The molecule has 3 aromatic rings. The number of amides is 1. The van der Waals surface area contributed by atoms with E-state index in [4.69, 9.17) is 4.74 Å². The molecule has 1 aromatic carbocycles. The van der Waals surface area contributed by atoms with Gasteiger partial charge in [0.15, 0.2) is 0 Å². The van der Waals surface area contributed by atoms with Crippen LogP contribution < -0.4 is 4.74 Å². The molecular formula is C24H27N3O2. The fourth-order valence-electron chi connectivity index (χ4n) is 4.98. The summed E-state index contributed by atoms with van der Waals surface area (Å²) in [5.41, 5.74) is 2.50. The van der Waals surface area contributed by atoms with Crippen molar-refractivity contribution >= 4 is 11.6 Å². The van der Waals surface area contributed by atoms with Crippen LogP contribution in [0.2, 0.25) is 0 Å². The van der Waals surface area contributed by atoms with Crippen molar-refractivity contribution in [1.29, 1.82) is 0 Å². The van der Waals surface area contributed by atoms with Gasteiger partial charge in [0.05, 0.1) is 5.69 Å². The molecule has 5 nitrogen and oxygen atoms in total. The van der Waals surface area contributed by atoms with Gasteiger partial charge in [-0.2, -0.15) is 0 Å². The van der Waals surface area contributed by atoms with Gasteiger partial charge in [-0.3, -0.25) is 4.79 Å². The summed E-state index contributed by atoms with van der Waals surface area (Å²) >= 11 is 0. The third kappa shape index (κ3) is 3.74. The molecule has 0 N–H and O–H groups in total. The van der Waals surface area contributed by atoms with Crippen LogP contribution in [-0.2, 0) is 6.61 Å². The molecule has 2 atom stereocenters. The smallest absolute Gasteiger partial charge is 0.254 e. The summed E-state index contributed by atoms with van der Waals surface area (Å²) < 4.78 is 7.94. The number of carbonyl (C=O) groups excluding carboxylic acids is 1. The molecule has 1 amide bonds. The van der Waals surface area contributed by atoms with Crippen molar-refractivity contribution in [3.63, 3.8) is 0 Å². The van der Waals surface area contributed by atoms with Crippen molar-refractivity contribution in [2.45, 2.75) is 51.2 Å². The summed E-state index contributed by atoms with van der Waals surface area (Å²) in [4.78, 5) is 20.0. The highest BCUT2D eigenvalue weighted by atomic mass is 16.5. The van der Waals surface area contributed by atoms with Crippen LogP contribution in [0.3, 0.4) is 0 Å². The number of carbonyl (C=O) groups is 1. The molecular weight excluding hydrogens is 362 g/mol. The minimum atomic E-state index is 0.153. The van der Waals surface area contributed by atoms with Gasteiger partial charge in [-0.1, -0.05) is 25.0 Å². The SMILES string of the molecule is O=C(c1cccc(OCc2cn3ccccc3n2)c1)N1CCCC2CCCCC21. The van der Waals surface area contributed by atoms with Crippen molar-refractivity contribution < 1.29 is 9.53 Å². The molecule has 2 fully saturated rings. The molecule has 1 aliphatic heterocycles. The average molecular weight is 389 g/mol. The Balaban J connectivity index is 1.29. The van der Waals surface area contributed by atoms with Crippen LogP contribution in [0.25, 0.3) is 5.65 Å². The summed E-state index contributed by atoms with van der Waals surface area (Å²) in [5.74, 6) is 1.56. The lowest BCUT2D eigenvalue weighted by Crippen LogP contribution is -2.49. The maximum absolute atomic E-state index is 13.3. The molecule has 1 aliphatic carbocycles. The van der Waals surface area contributed by atoms with E-state index in [1.807, 2.05) is 59.3 Å². The number of piperidine rings is 1. The minimum absolute atomic E-state index is 0.153. The van der Waals surface area contributed by atoms with E-state index in [2.05, 4.69) is 9.88 Å². The predicted octanol–water partition coefficient (Wildman–Crippen LogP) is 4.71. The Bertz CT molecular complexity index is 977. The van der Waals surface area contributed by atoms with Gasteiger partial charge in [0.2, 0.25) is 0 Å². The van der Waals surface area contributed by atoms with Crippen molar-refractivity contribution in [2.75, 3.05) is 6.54 Å². The van der Waals surface area contributed by atoms with Gasteiger partial charge in [0.25, 0.3) is 5.91 Å². The summed E-state index contributed by atoms with van der Waals surface area (Å²) in [7, 11) is 0. The van der Waals surface area contributed by atoms with E-state index >= 15 is 0 Å². The number of rotatable bonds is 4. The van der Waals surface area contributed by atoms with Crippen LogP contribution >= 0.6 is 0 Å². The number of pyridine rings is 1. The quantitative estimate of drug-likeness (QED) is 0.649. The van der Waals surface area contributed by atoms with Gasteiger partial charge < -0.3 is 14.0 Å². The van der Waals surface area contributed by atoms with Crippen LogP contribution in [0.5, 0.6) is 5.75 Å². The lowest BCUT2D eigenvalue weighted by atomic mass is 9.78. The van der Waals surface area contributed by atoms with E-state index in [9.17, 15) is 4.79 Å². The molecule has 5 rings (SSSR count). The molecule has 2 unspecified atom stereocenters. The van der Waals surface area contributed by atoms with Crippen LogP contribution in [0.4, 0.5) is 0 Å². The van der Waals surface area contributed by atoms with Crippen molar-refractivity contribution in [1.82, 2.24) is 14.3 Å². The standard InChI is InChI=1S/C24H27N3O2/c28-24(27-14-6-9-18-7-1-2-11-22(18)27)19-8-5-10-21(15-19)29-17-20-16-26-13-4-3-12-23(26)25-20/h3-5,8,10,12-13,15-16,18,22H,1-2,6-7,9,11,14,17H2. The molecule has 5 heteroatoms. The number of likely N-dealkylation sites (tertiary alicyclic amines) is 1. The van der Waals surface area contributed by atoms with Crippen LogP contribution in [0.1, 0.15) is 54.6 Å². The highest BCUT2D eigenvalue weighted by molar-refractivity contribution is 5.95. The average Bonchev–Trinajstić information content (AvgIpc) is 3.20. The number of ether oxygens (including phenoxy) is 1. The molecule has 2 aliphatic rings. The van der Waals surface area contributed by atoms with Gasteiger partial charge in [0, 0.05) is 30.5 Å². The Morgan fingerprint density at radius 3 is 2.90 bits per heavy atom. The van der Waals surface area contributed by atoms with Crippen molar-refractivity contribution in [2.24, 2.45) is 5.92 Å². The first-order valence-corrected chi connectivity index (χ1v) is 10.7. The van der Waals surface area contributed by atoms with E-state index in [0.29, 0.717) is 24.3 Å². The zero-order valence-corrected chi connectivity index (χ0v) is 16.7. The fraction of sp³-hybridized carbons (Fsp3) is 0.417. The zero-order chi connectivity index (χ0) is 19.6. The van der Waals surface area contributed by atoms with Crippen molar-refractivity contribution in [3.05, 3.63) is 66.1 Å². The molecule has 1 saturated heterocycles. The number of hydrogen-bond donors (Lipinski definition) is 0. The van der Waals surface area contributed by atoms with Gasteiger partial charge in [-0.05, 0) is 61.9 Å². The monoisotopic (exact) mass is 389 g/mol. The lowest BCUT2D eigenvalue weighted by molar-refractivity contribution is 0.0390. The highest BCUT2D eigenvalue weighted by Crippen LogP contribution is 2.36. The van der Waals surface area contributed by atoms with E-state index in [0.717, 1.165) is 36.3 Å². The molecule has 0 radical (unpaired) electrons. The second-order valence-electron chi connectivity index (χ2n) is 8.27. The van der Waals surface area contributed by atoms with Gasteiger partial charge >= 0.3 is 0 Å². The second-order valence-corrected chi connectivity index (χ2v) is 8.27. The minimum Gasteiger partial charge on any atom is -0.487 e. The van der Waals surface area contributed by atoms with E-state index in [-0.39, 0.29) is 5.91 Å². The number of hydrogen-bond acceptors (Lipinski definition) is 3. The summed E-state index contributed by atoms with van der Waals surface area (Å²) in [6, 6.07) is 14.0. The number of nitrogens with zero attached hydrogens (tertiary/aromatic N) is 3. The van der Waals surface area contributed by atoms with Gasteiger partial charge in [0.1, 0.15) is 18.0 Å². The predicted molar refractivity (Wildman–Crippen MR) is 112 cm³/mol. The first kappa shape index (κ1) is 18.2. The number of imidazole rings is 1. The number of aromatic nitrogens is 2. The van der Waals surface area contributed by atoms with Crippen LogP contribution in [0, 0.1) is 5.92 Å². The largest absolute Gasteiger partial charge is 0.487 e. The van der Waals surface area contributed by atoms with E-state index in [1.165, 1.54) is 25.7 Å². The highest BCUT2D eigenvalue weighted by Gasteiger charge is 2.35. The molecule has 29 heavy (non-hydrogen) atoms. The molecule has 2 aromatic heterocycles. The Kier molecular flexibility index (Phi) is 4.96. The third-order valence-corrected chi connectivity index (χ3v) is 6.39. The van der Waals surface area contributed by atoms with Crippen LogP contribution in [-0.4, -0.2) is 32.8 Å². The third-order valence-electron chi connectivity index (χ3n) is 6.39. The summed E-state index contributed by atoms with van der Waals surface area (Å²) in [6.45, 7) is 1.26. The second kappa shape index (κ2) is 7.90. The van der Waals surface area contributed by atoms with E-state index in [1.54, 1.807) is 0 Å². The molecule has 0 bridgehead atoms. The fourth-order valence-corrected chi connectivity index (χ4v) is 4.98. The Morgan fingerprint density at radius 2 is 1.97 bits per heavy atom. The molecule has 0 spiro atoms. The summed E-state index contributed by atoms with van der Waals surface area (Å²) in [6.07, 6.45) is 11.3. The van der Waals surface area contributed by atoms with Crippen LogP contribution in [0.15, 0.2) is 54.9 Å². The van der Waals surface area contributed by atoms with Crippen molar-refractivity contribution in [3.8, 4) is 5.75 Å². The summed E-state index contributed by atoms with van der Waals surface area (Å²) in [5, 5.41) is 0. The Labute approximate surface area is 171 Å². The molecule has 1 saturated carbocycles. The van der Waals surface area contributed by atoms with Gasteiger partial charge in [-0.15, -0.1) is 0 Å². The first-order chi connectivity index (χ1) is 14.3. The molecule has 3 heterocycles. The maximum atomic E-state index is 13.3.